The molecule has 0 saturated carbocycles. The summed E-state index contributed by atoms with van der Waals surface area (Å²) in [5.41, 5.74) is 1.52. The summed E-state index contributed by atoms with van der Waals surface area (Å²) in [5, 5.41) is 3.30. The van der Waals surface area contributed by atoms with E-state index in [4.69, 9.17) is 16.3 Å². The number of H-pyrrole nitrogens is 1. The number of aromatic nitrogens is 1. The van der Waals surface area contributed by atoms with E-state index in [9.17, 15) is 14.4 Å². The summed E-state index contributed by atoms with van der Waals surface area (Å²) in [6.07, 6.45) is 2.04. The first-order chi connectivity index (χ1) is 11.5. The average Bonchev–Trinajstić information content (AvgIpc) is 3.03. The number of carbonyl (C=O) groups is 3. The van der Waals surface area contributed by atoms with E-state index in [0.29, 0.717) is 23.6 Å². The summed E-state index contributed by atoms with van der Waals surface area (Å²) in [4.78, 5) is 37.2. The SMILES string of the molecule is CC(=O)c1c[nH]c(C(=O)OCC(=O)NCCc2cccc(Cl)c2)c1. The van der Waals surface area contributed by atoms with Crippen LogP contribution in [0.4, 0.5) is 0 Å². The molecule has 0 aliphatic rings. The van der Waals surface area contributed by atoms with Gasteiger partial charge in [-0.3, -0.25) is 9.59 Å². The number of Topliss-reactive ketones (excluding diaryl/α,β-unsaturated/α-hetero) is 1. The Kier molecular flexibility index (Phi) is 6.14. The van der Waals surface area contributed by atoms with Crippen LogP contribution in [-0.2, 0) is 16.0 Å². The van der Waals surface area contributed by atoms with E-state index in [-0.39, 0.29) is 18.1 Å². The van der Waals surface area contributed by atoms with Crippen LogP contribution in [0.3, 0.4) is 0 Å². The van der Waals surface area contributed by atoms with Crippen molar-refractivity contribution in [2.24, 2.45) is 0 Å². The number of hydrogen-bond donors (Lipinski definition) is 2. The Bertz CT molecular complexity index is 755. The van der Waals surface area contributed by atoms with Crippen LogP contribution in [0.1, 0.15) is 33.3 Å². The molecule has 1 amide bonds. The molecule has 2 aromatic rings. The Morgan fingerprint density at radius 3 is 2.71 bits per heavy atom. The van der Waals surface area contributed by atoms with Crippen molar-refractivity contribution >= 4 is 29.3 Å². The smallest absolute Gasteiger partial charge is 0.355 e. The molecule has 7 heteroatoms. The Morgan fingerprint density at radius 1 is 1.25 bits per heavy atom. The number of benzene rings is 1. The second kappa shape index (κ2) is 8.31. The summed E-state index contributed by atoms with van der Waals surface area (Å²) in [6.45, 7) is 1.42. The van der Waals surface area contributed by atoms with Gasteiger partial charge in [-0.2, -0.15) is 0 Å². The lowest BCUT2D eigenvalue weighted by atomic mass is 10.1. The molecule has 2 rings (SSSR count). The van der Waals surface area contributed by atoms with Crippen molar-refractivity contribution in [3.05, 3.63) is 58.4 Å². The first-order valence-corrected chi connectivity index (χ1v) is 7.71. The van der Waals surface area contributed by atoms with Crippen LogP contribution in [0.2, 0.25) is 5.02 Å². The third kappa shape index (κ3) is 5.24. The number of esters is 1. The lowest BCUT2D eigenvalue weighted by molar-refractivity contribution is -0.124. The Hall–Kier alpha value is -2.60. The molecule has 126 valence electrons. The van der Waals surface area contributed by atoms with Crippen molar-refractivity contribution < 1.29 is 19.1 Å². The van der Waals surface area contributed by atoms with E-state index in [0.717, 1.165) is 5.56 Å². The topological polar surface area (TPSA) is 88.3 Å². The van der Waals surface area contributed by atoms with Gasteiger partial charge in [-0.1, -0.05) is 23.7 Å². The van der Waals surface area contributed by atoms with Crippen LogP contribution in [0, 0.1) is 0 Å². The Balaban J connectivity index is 1.72. The maximum absolute atomic E-state index is 11.8. The third-order valence-electron chi connectivity index (χ3n) is 3.27. The molecule has 0 radical (unpaired) electrons. The predicted octanol–water partition coefficient (Wildman–Crippen LogP) is 2.39. The summed E-state index contributed by atoms with van der Waals surface area (Å²) < 4.78 is 4.89. The van der Waals surface area contributed by atoms with Gasteiger partial charge in [-0.15, -0.1) is 0 Å². The minimum absolute atomic E-state index is 0.131. The number of amides is 1. The Morgan fingerprint density at radius 2 is 2.04 bits per heavy atom. The molecule has 0 aliphatic carbocycles. The highest BCUT2D eigenvalue weighted by Crippen LogP contribution is 2.10. The molecule has 2 N–H and O–H groups in total. The molecular formula is C17H17ClN2O4. The summed E-state index contributed by atoms with van der Waals surface area (Å²) in [7, 11) is 0. The standard InChI is InChI=1S/C17H17ClN2O4/c1-11(21)13-8-15(20-9-13)17(23)24-10-16(22)19-6-5-12-3-2-4-14(18)7-12/h2-4,7-9,20H,5-6,10H2,1H3,(H,19,22). The fourth-order valence-corrected chi connectivity index (χ4v) is 2.23. The quantitative estimate of drug-likeness (QED) is 0.594. The zero-order valence-electron chi connectivity index (χ0n) is 13.1. The highest BCUT2D eigenvalue weighted by molar-refractivity contribution is 6.30. The molecule has 0 aliphatic heterocycles. The summed E-state index contributed by atoms with van der Waals surface area (Å²) >= 11 is 5.88. The molecular weight excluding hydrogens is 332 g/mol. The molecule has 1 heterocycles. The maximum Gasteiger partial charge on any atom is 0.355 e. The number of nitrogens with one attached hydrogen (secondary N) is 2. The van der Waals surface area contributed by atoms with Gasteiger partial charge in [-0.05, 0) is 37.1 Å². The number of ketones is 1. The van der Waals surface area contributed by atoms with Crippen molar-refractivity contribution in [2.45, 2.75) is 13.3 Å². The van der Waals surface area contributed by atoms with Crippen LogP contribution in [0.25, 0.3) is 0 Å². The van der Waals surface area contributed by atoms with Gasteiger partial charge in [0.25, 0.3) is 5.91 Å². The number of halogens is 1. The molecule has 1 aromatic heterocycles. The van der Waals surface area contributed by atoms with Gasteiger partial charge in [0.1, 0.15) is 5.69 Å². The molecule has 0 atom stereocenters. The van der Waals surface area contributed by atoms with Crippen LogP contribution < -0.4 is 5.32 Å². The van der Waals surface area contributed by atoms with E-state index in [2.05, 4.69) is 10.3 Å². The van der Waals surface area contributed by atoms with Gasteiger partial charge in [0.05, 0.1) is 0 Å². The second-order valence-electron chi connectivity index (χ2n) is 5.16. The highest BCUT2D eigenvalue weighted by Gasteiger charge is 2.13. The van der Waals surface area contributed by atoms with Gasteiger partial charge in [-0.25, -0.2) is 4.79 Å². The zero-order chi connectivity index (χ0) is 17.5. The lowest BCUT2D eigenvalue weighted by Crippen LogP contribution is -2.30. The van der Waals surface area contributed by atoms with Gasteiger partial charge in [0.2, 0.25) is 0 Å². The van der Waals surface area contributed by atoms with Crippen LogP contribution in [0.15, 0.2) is 36.5 Å². The number of rotatable bonds is 7. The zero-order valence-corrected chi connectivity index (χ0v) is 13.9. The van der Waals surface area contributed by atoms with Crippen LogP contribution in [-0.4, -0.2) is 35.8 Å². The van der Waals surface area contributed by atoms with Crippen molar-refractivity contribution in [3.8, 4) is 0 Å². The van der Waals surface area contributed by atoms with Gasteiger partial charge < -0.3 is 15.0 Å². The van der Waals surface area contributed by atoms with E-state index in [1.165, 1.54) is 19.2 Å². The summed E-state index contributed by atoms with van der Waals surface area (Å²) in [5.74, 6) is -1.25. The fraction of sp³-hybridized carbons (Fsp3) is 0.235. The van der Waals surface area contributed by atoms with E-state index < -0.39 is 11.9 Å². The molecule has 1 aromatic carbocycles. The first kappa shape index (κ1) is 17.7. The first-order valence-electron chi connectivity index (χ1n) is 7.33. The van der Waals surface area contributed by atoms with Gasteiger partial charge in [0, 0.05) is 23.3 Å². The van der Waals surface area contributed by atoms with Gasteiger partial charge in [0.15, 0.2) is 12.4 Å². The summed E-state index contributed by atoms with van der Waals surface area (Å²) in [6, 6.07) is 8.75. The largest absolute Gasteiger partial charge is 0.451 e. The van der Waals surface area contributed by atoms with E-state index in [1.54, 1.807) is 6.07 Å². The molecule has 0 unspecified atom stereocenters. The van der Waals surface area contributed by atoms with Crippen molar-refractivity contribution in [1.29, 1.82) is 0 Å². The maximum atomic E-state index is 11.8. The lowest BCUT2D eigenvalue weighted by Gasteiger charge is -2.06. The predicted molar refractivity (Wildman–Crippen MR) is 89.2 cm³/mol. The number of hydrogen-bond acceptors (Lipinski definition) is 4. The molecule has 24 heavy (non-hydrogen) atoms. The normalized spacial score (nSPS) is 10.2. The van der Waals surface area contributed by atoms with Crippen molar-refractivity contribution in [1.82, 2.24) is 10.3 Å². The molecule has 0 spiro atoms. The monoisotopic (exact) mass is 348 g/mol. The van der Waals surface area contributed by atoms with E-state index >= 15 is 0 Å². The van der Waals surface area contributed by atoms with Crippen LogP contribution >= 0.6 is 11.6 Å². The molecule has 0 bridgehead atoms. The fourth-order valence-electron chi connectivity index (χ4n) is 2.01. The van der Waals surface area contributed by atoms with Crippen LogP contribution in [0.5, 0.6) is 0 Å². The number of ether oxygens (including phenoxy) is 1. The van der Waals surface area contributed by atoms with E-state index in [1.807, 2.05) is 18.2 Å². The number of carbonyl (C=O) groups excluding carboxylic acids is 3. The minimum atomic E-state index is -0.688. The molecule has 0 fully saturated rings. The van der Waals surface area contributed by atoms with Crippen molar-refractivity contribution in [3.63, 3.8) is 0 Å². The van der Waals surface area contributed by atoms with Gasteiger partial charge >= 0.3 is 5.97 Å². The minimum Gasteiger partial charge on any atom is -0.451 e. The third-order valence-corrected chi connectivity index (χ3v) is 3.50. The average molecular weight is 349 g/mol. The van der Waals surface area contributed by atoms with Crippen molar-refractivity contribution in [2.75, 3.05) is 13.2 Å². The number of aromatic amines is 1. The highest BCUT2D eigenvalue weighted by atomic mass is 35.5. The second-order valence-corrected chi connectivity index (χ2v) is 5.60. The molecule has 0 saturated heterocycles. The Labute approximate surface area is 144 Å². The molecule has 6 nitrogen and oxygen atoms in total.